The van der Waals surface area contributed by atoms with E-state index in [1.807, 2.05) is 31.3 Å². The van der Waals surface area contributed by atoms with Gasteiger partial charge < -0.3 is 5.32 Å². The Labute approximate surface area is 131 Å². The Morgan fingerprint density at radius 1 is 1.26 bits per heavy atom. The lowest BCUT2D eigenvalue weighted by molar-refractivity contribution is 0.576. The second kappa shape index (κ2) is 6.71. The minimum Gasteiger partial charge on any atom is -0.311 e. The molecule has 0 aliphatic carbocycles. The average Bonchev–Trinajstić information content (AvgIpc) is 2.39. The number of likely N-dealkylation sites (N-methyl/N-ethyl adjacent to an activating group) is 1. The van der Waals surface area contributed by atoms with Crippen LogP contribution in [0.5, 0.6) is 0 Å². The van der Waals surface area contributed by atoms with E-state index in [1.165, 1.54) is 0 Å². The van der Waals surface area contributed by atoms with Crippen LogP contribution < -0.4 is 5.32 Å². The predicted octanol–water partition coefficient (Wildman–Crippen LogP) is 4.65. The SMILES string of the molecule is CNC(Cc1ccc(Cl)cc1Cl)c1ccc(Br)cn1. The lowest BCUT2D eigenvalue weighted by Crippen LogP contribution is -2.20. The van der Waals surface area contributed by atoms with Crippen molar-refractivity contribution in [2.24, 2.45) is 0 Å². The number of benzene rings is 1. The number of hydrogen-bond acceptors (Lipinski definition) is 2. The zero-order chi connectivity index (χ0) is 13.8. The van der Waals surface area contributed by atoms with Crippen molar-refractivity contribution in [3.8, 4) is 0 Å². The van der Waals surface area contributed by atoms with Gasteiger partial charge in [-0.2, -0.15) is 0 Å². The molecule has 0 amide bonds. The van der Waals surface area contributed by atoms with Crippen molar-refractivity contribution in [2.75, 3.05) is 7.05 Å². The number of aromatic nitrogens is 1. The van der Waals surface area contributed by atoms with Crippen molar-refractivity contribution in [1.82, 2.24) is 10.3 Å². The van der Waals surface area contributed by atoms with Gasteiger partial charge >= 0.3 is 0 Å². The molecule has 0 radical (unpaired) electrons. The van der Waals surface area contributed by atoms with Crippen molar-refractivity contribution in [1.29, 1.82) is 0 Å². The summed E-state index contributed by atoms with van der Waals surface area (Å²) in [5.74, 6) is 0. The second-order valence-corrected chi connectivity index (χ2v) is 5.94. The third kappa shape index (κ3) is 3.93. The van der Waals surface area contributed by atoms with Crippen LogP contribution >= 0.6 is 39.1 Å². The molecule has 1 heterocycles. The molecule has 0 spiro atoms. The van der Waals surface area contributed by atoms with Gasteiger partial charge in [0.1, 0.15) is 0 Å². The molecule has 1 N–H and O–H groups in total. The van der Waals surface area contributed by atoms with Gasteiger partial charge in [0.2, 0.25) is 0 Å². The Balaban J connectivity index is 2.21. The standard InChI is InChI=1S/C14H13BrCl2N2/c1-18-14(13-5-3-10(15)8-19-13)6-9-2-4-11(16)7-12(9)17/h2-5,7-8,14,18H,6H2,1H3. The van der Waals surface area contributed by atoms with Crippen molar-refractivity contribution >= 4 is 39.1 Å². The first kappa shape index (κ1) is 14.8. The summed E-state index contributed by atoms with van der Waals surface area (Å²) in [6, 6.07) is 9.66. The van der Waals surface area contributed by atoms with Crippen LogP contribution in [0, 0.1) is 0 Å². The number of hydrogen-bond donors (Lipinski definition) is 1. The highest BCUT2D eigenvalue weighted by molar-refractivity contribution is 9.10. The first-order valence-corrected chi connectivity index (χ1v) is 7.37. The van der Waals surface area contributed by atoms with Gasteiger partial charge in [-0.3, -0.25) is 4.98 Å². The summed E-state index contributed by atoms with van der Waals surface area (Å²) in [5.41, 5.74) is 2.03. The van der Waals surface area contributed by atoms with Gasteiger partial charge in [-0.05, 0) is 59.2 Å². The molecule has 1 unspecified atom stereocenters. The van der Waals surface area contributed by atoms with Crippen LogP contribution in [0.3, 0.4) is 0 Å². The van der Waals surface area contributed by atoms with Gasteiger partial charge in [-0.1, -0.05) is 29.3 Å². The fourth-order valence-electron chi connectivity index (χ4n) is 1.86. The van der Waals surface area contributed by atoms with Crippen LogP contribution in [0.15, 0.2) is 41.0 Å². The first-order valence-electron chi connectivity index (χ1n) is 5.83. The van der Waals surface area contributed by atoms with E-state index < -0.39 is 0 Å². The highest BCUT2D eigenvalue weighted by Crippen LogP contribution is 2.25. The quantitative estimate of drug-likeness (QED) is 0.859. The summed E-state index contributed by atoms with van der Waals surface area (Å²) >= 11 is 15.5. The van der Waals surface area contributed by atoms with Gasteiger partial charge in [-0.15, -0.1) is 0 Å². The van der Waals surface area contributed by atoms with Gasteiger partial charge in [0.25, 0.3) is 0 Å². The zero-order valence-electron chi connectivity index (χ0n) is 10.3. The molecular formula is C14H13BrCl2N2. The molecule has 19 heavy (non-hydrogen) atoms. The lowest BCUT2D eigenvalue weighted by Gasteiger charge is -2.16. The Kier molecular flexibility index (Phi) is 5.22. The zero-order valence-corrected chi connectivity index (χ0v) is 13.4. The third-order valence-electron chi connectivity index (χ3n) is 2.89. The number of pyridine rings is 1. The van der Waals surface area contributed by atoms with Gasteiger partial charge in [-0.25, -0.2) is 0 Å². The molecule has 0 aliphatic heterocycles. The maximum Gasteiger partial charge on any atom is 0.0577 e. The molecule has 1 aromatic heterocycles. The monoisotopic (exact) mass is 358 g/mol. The Bertz CT molecular complexity index is 558. The van der Waals surface area contributed by atoms with Crippen LogP contribution in [0.1, 0.15) is 17.3 Å². The molecule has 0 saturated heterocycles. The van der Waals surface area contributed by atoms with Crippen molar-refractivity contribution in [3.05, 3.63) is 62.3 Å². The van der Waals surface area contributed by atoms with Gasteiger partial charge in [0.15, 0.2) is 0 Å². The summed E-state index contributed by atoms with van der Waals surface area (Å²) < 4.78 is 0.968. The van der Waals surface area contributed by atoms with E-state index in [0.29, 0.717) is 10.0 Å². The normalized spacial score (nSPS) is 12.4. The molecular weight excluding hydrogens is 347 g/mol. The third-order valence-corrected chi connectivity index (χ3v) is 3.95. The van der Waals surface area contributed by atoms with Crippen molar-refractivity contribution in [2.45, 2.75) is 12.5 Å². The summed E-state index contributed by atoms with van der Waals surface area (Å²) in [7, 11) is 1.91. The molecule has 2 nitrogen and oxygen atoms in total. The summed E-state index contributed by atoms with van der Waals surface area (Å²) in [6.45, 7) is 0. The van der Waals surface area contributed by atoms with Crippen molar-refractivity contribution < 1.29 is 0 Å². The summed E-state index contributed by atoms with van der Waals surface area (Å²) in [6.07, 6.45) is 2.56. The van der Waals surface area contributed by atoms with Gasteiger partial charge in [0.05, 0.1) is 11.7 Å². The molecule has 100 valence electrons. The molecule has 0 bridgehead atoms. The summed E-state index contributed by atoms with van der Waals surface area (Å²) in [5, 5.41) is 4.59. The number of halogens is 3. The molecule has 1 atom stereocenters. The summed E-state index contributed by atoms with van der Waals surface area (Å²) in [4.78, 5) is 4.41. The maximum absolute atomic E-state index is 6.20. The molecule has 5 heteroatoms. The van der Waals surface area contributed by atoms with E-state index in [9.17, 15) is 0 Å². The highest BCUT2D eigenvalue weighted by atomic mass is 79.9. The van der Waals surface area contributed by atoms with E-state index in [2.05, 4.69) is 26.2 Å². The Morgan fingerprint density at radius 2 is 2.05 bits per heavy atom. The number of nitrogens with zero attached hydrogens (tertiary/aromatic N) is 1. The van der Waals surface area contributed by atoms with Crippen molar-refractivity contribution in [3.63, 3.8) is 0 Å². The topological polar surface area (TPSA) is 24.9 Å². The van der Waals surface area contributed by atoms with Gasteiger partial charge in [0, 0.05) is 20.7 Å². The van der Waals surface area contributed by atoms with E-state index in [4.69, 9.17) is 23.2 Å². The second-order valence-electron chi connectivity index (χ2n) is 4.18. The molecule has 2 aromatic rings. The van der Waals surface area contributed by atoms with Crippen LogP contribution in [-0.2, 0) is 6.42 Å². The van der Waals surface area contributed by atoms with Crippen LogP contribution in [0.25, 0.3) is 0 Å². The predicted molar refractivity (Wildman–Crippen MR) is 83.9 cm³/mol. The minimum atomic E-state index is 0.117. The maximum atomic E-state index is 6.20. The van der Waals surface area contributed by atoms with Crippen LogP contribution in [0.4, 0.5) is 0 Å². The Morgan fingerprint density at radius 3 is 2.63 bits per heavy atom. The fraction of sp³-hybridized carbons (Fsp3) is 0.214. The minimum absolute atomic E-state index is 0.117. The van der Waals surface area contributed by atoms with E-state index in [0.717, 1.165) is 22.2 Å². The highest BCUT2D eigenvalue weighted by Gasteiger charge is 2.13. The van der Waals surface area contributed by atoms with Crippen LogP contribution in [0.2, 0.25) is 10.0 Å². The molecule has 2 rings (SSSR count). The fourth-order valence-corrected chi connectivity index (χ4v) is 2.58. The molecule has 0 saturated carbocycles. The van der Waals surface area contributed by atoms with E-state index >= 15 is 0 Å². The smallest absolute Gasteiger partial charge is 0.0577 e. The molecule has 0 fully saturated rings. The first-order chi connectivity index (χ1) is 9.10. The number of rotatable bonds is 4. The average molecular weight is 360 g/mol. The number of nitrogens with one attached hydrogen (secondary N) is 1. The van der Waals surface area contributed by atoms with E-state index in [1.54, 1.807) is 12.3 Å². The van der Waals surface area contributed by atoms with Crippen LogP contribution in [-0.4, -0.2) is 12.0 Å². The lowest BCUT2D eigenvalue weighted by atomic mass is 10.0. The molecule has 1 aromatic carbocycles. The largest absolute Gasteiger partial charge is 0.311 e. The Hall–Kier alpha value is -0.610. The van der Waals surface area contributed by atoms with E-state index in [-0.39, 0.29) is 6.04 Å². The molecule has 0 aliphatic rings.